The number of hydrogen-bond acceptors (Lipinski definition) is 3. The van der Waals surface area contributed by atoms with E-state index in [0.29, 0.717) is 28.6 Å². The quantitative estimate of drug-likeness (QED) is 0.875. The van der Waals surface area contributed by atoms with Crippen LogP contribution in [0, 0.1) is 17.2 Å². The molecule has 1 aromatic rings. The largest absolute Gasteiger partial charge is 0.327 e. The van der Waals surface area contributed by atoms with E-state index in [1.54, 1.807) is 18.2 Å². The molecule has 5 heteroatoms. The summed E-state index contributed by atoms with van der Waals surface area (Å²) in [5, 5.41) is 11.8. The molecule has 1 aliphatic carbocycles. The zero-order valence-electron chi connectivity index (χ0n) is 9.82. The number of rotatable bonds is 4. The Morgan fingerprint density at radius 1 is 1.61 bits per heavy atom. The number of nitriles is 1. The van der Waals surface area contributed by atoms with Crippen LogP contribution in [0.4, 0.5) is 5.69 Å². The van der Waals surface area contributed by atoms with Crippen LogP contribution in [0.2, 0.25) is 5.02 Å². The number of halogens is 1. The molecule has 1 fully saturated rings. The van der Waals surface area contributed by atoms with E-state index in [4.69, 9.17) is 22.6 Å². The second-order valence-electron chi connectivity index (χ2n) is 4.56. The van der Waals surface area contributed by atoms with Crippen LogP contribution in [-0.4, -0.2) is 11.9 Å². The third-order valence-corrected chi connectivity index (χ3v) is 3.33. The predicted octanol–water partition coefficient (Wildman–Crippen LogP) is 2.28. The second-order valence-corrected chi connectivity index (χ2v) is 4.97. The first-order valence-electron chi connectivity index (χ1n) is 5.85. The molecule has 1 aliphatic rings. The molecule has 1 saturated carbocycles. The minimum absolute atomic E-state index is 0.0566. The van der Waals surface area contributed by atoms with E-state index in [9.17, 15) is 4.79 Å². The number of benzene rings is 1. The van der Waals surface area contributed by atoms with Gasteiger partial charge in [0.25, 0.3) is 0 Å². The number of nitrogens with two attached hydrogens (primary N) is 1. The maximum absolute atomic E-state index is 11.7. The number of carbonyl (C=O) groups is 1. The van der Waals surface area contributed by atoms with Crippen LogP contribution in [-0.2, 0) is 4.79 Å². The number of carbonyl (C=O) groups excluding carboxylic acids is 1. The zero-order valence-corrected chi connectivity index (χ0v) is 10.6. The van der Waals surface area contributed by atoms with Gasteiger partial charge in [-0.15, -0.1) is 0 Å². The first-order valence-corrected chi connectivity index (χ1v) is 6.23. The van der Waals surface area contributed by atoms with Gasteiger partial charge in [0.1, 0.15) is 6.07 Å². The summed E-state index contributed by atoms with van der Waals surface area (Å²) in [6, 6.07) is 6.72. The summed E-state index contributed by atoms with van der Waals surface area (Å²) >= 11 is 5.88. The Bertz CT molecular complexity index is 505. The van der Waals surface area contributed by atoms with E-state index in [0.717, 1.165) is 12.8 Å². The van der Waals surface area contributed by atoms with Crippen molar-refractivity contribution in [1.82, 2.24) is 0 Å². The molecule has 0 aliphatic heterocycles. The summed E-state index contributed by atoms with van der Waals surface area (Å²) in [7, 11) is 0. The zero-order chi connectivity index (χ0) is 13.1. The molecular weight excluding hydrogens is 250 g/mol. The van der Waals surface area contributed by atoms with Crippen LogP contribution < -0.4 is 11.1 Å². The van der Waals surface area contributed by atoms with Crippen molar-refractivity contribution >= 4 is 23.2 Å². The van der Waals surface area contributed by atoms with Crippen molar-refractivity contribution in [3.05, 3.63) is 28.8 Å². The molecule has 2 rings (SSSR count). The molecule has 3 N–H and O–H groups in total. The third kappa shape index (κ3) is 3.22. The van der Waals surface area contributed by atoms with Crippen LogP contribution >= 0.6 is 11.6 Å². The van der Waals surface area contributed by atoms with Crippen molar-refractivity contribution in [2.75, 3.05) is 5.32 Å². The maximum atomic E-state index is 11.7. The summed E-state index contributed by atoms with van der Waals surface area (Å²) in [6.45, 7) is 0. The summed E-state index contributed by atoms with van der Waals surface area (Å²) < 4.78 is 0. The predicted molar refractivity (Wildman–Crippen MR) is 70.1 cm³/mol. The third-order valence-electron chi connectivity index (χ3n) is 3.02. The number of nitrogens with zero attached hydrogens (tertiary/aromatic N) is 1. The van der Waals surface area contributed by atoms with Gasteiger partial charge in [-0.25, -0.2) is 0 Å². The highest BCUT2D eigenvalue weighted by atomic mass is 35.5. The van der Waals surface area contributed by atoms with Gasteiger partial charge < -0.3 is 11.1 Å². The molecule has 0 bridgehead atoms. The molecule has 1 aromatic carbocycles. The number of nitrogens with one attached hydrogen (secondary N) is 1. The molecule has 1 atom stereocenters. The maximum Gasteiger partial charge on any atom is 0.225 e. The van der Waals surface area contributed by atoms with E-state index in [-0.39, 0.29) is 11.9 Å². The fourth-order valence-electron chi connectivity index (χ4n) is 1.80. The van der Waals surface area contributed by atoms with Crippen LogP contribution in [0.5, 0.6) is 0 Å². The van der Waals surface area contributed by atoms with Crippen molar-refractivity contribution in [3.8, 4) is 6.07 Å². The normalized spacial score (nSPS) is 15.8. The van der Waals surface area contributed by atoms with E-state index in [2.05, 4.69) is 5.32 Å². The fraction of sp³-hybridized carbons (Fsp3) is 0.385. The smallest absolute Gasteiger partial charge is 0.225 e. The molecule has 0 spiro atoms. The van der Waals surface area contributed by atoms with E-state index in [1.165, 1.54) is 0 Å². The highest BCUT2D eigenvalue weighted by molar-refractivity contribution is 6.32. The van der Waals surface area contributed by atoms with Crippen LogP contribution in [0.15, 0.2) is 18.2 Å². The van der Waals surface area contributed by atoms with Crippen LogP contribution in [0.25, 0.3) is 0 Å². The van der Waals surface area contributed by atoms with Gasteiger partial charge in [-0.05, 0) is 37.0 Å². The van der Waals surface area contributed by atoms with Crippen LogP contribution in [0.3, 0.4) is 0 Å². The van der Waals surface area contributed by atoms with Gasteiger partial charge in [-0.2, -0.15) is 5.26 Å². The van der Waals surface area contributed by atoms with E-state index in [1.807, 2.05) is 6.07 Å². The Labute approximate surface area is 111 Å². The SMILES string of the molecule is N#Cc1ccc(NC(=O)CC(N)C2CC2)cc1Cl. The Balaban J connectivity index is 1.94. The number of hydrogen-bond donors (Lipinski definition) is 2. The Morgan fingerprint density at radius 2 is 2.33 bits per heavy atom. The number of amides is 1. The number of anilines is 1. The molecule has 1 amide bonds. The first kappa shape index (κ1) is 12.9. The fourth-order valence-corrected chi connectivity index (χ4v) is 2.02. The first-order chi connectivity index (χ1) is 8.60. The van der Waals surface area contributed by atoms with Gasteiger partial charge in [-0.1, -0.05) is 11.6 Å². The lowest BCUT2D eigenvalue weighted by Gasteiger charge is -2.10. The second kappa shape index (κ2) is 5.38. The summed E-state index contributed by atoms with van der Waals surface area (Å²) in [5.74, 6) is 0.385. The summed E-state index contributed by atoms with van der Waals surface area (Å²) in [4.78, 5) is 11.7. The molecule has 94 valence electrons. The molecule has 4 nitrogen and oxygen atoms in total. The highest BCUT2D eigenvalue weighted by Crippen LogP contribution is 2.32. The van der Waals surface area contributed by atoms with Gasteiger partial charge in [0.15, 0.2) is 0 Å². The van der Waals surface area contributed by atoms with E-state index < -0.39 is 0 Å². The lowest BCUT2D eigenvalue weighted by Crippen LogP contribution is -2.28. The van der Waals surface area contributed by atoms with Crippen molar-refractivity contribution in [3.63, 3.8) is 0 Å². The summed E-state index contributed by atoms with van der Waals surface area (Å²) in [6.07, 6.45) is 2.57. The van der Waals surface area contributed by atoms with E-state index >= 15 is 0 Å². The standard InChI is InChI=1S/C13H14ClN3O/c14-11-5-10(4-3-9(11)7-15)17-13(18)6-12(16)8-1-2-8/h3-5,8,12H,1-2,6,16H2,(H,17,18). The van der Waals surface area contributed by atoms with Crippen molar-refractivity contribution in [1.29, 1.82) is 5.26 Å². The average Bonchev–Trinajstić information content (AvgIpc) is 3.12. The van der Waals surface area contributed by atoms with Gasteiger partial charge >= 0.3 is 0 Å². The van der Waals surface area contributed by atoms with Crippen molar-refractivity contribution in [2.45, 2.75) is 25.3 Å². The van der Waals surface area contributed by atoms with Gasteiger partial charge in [0, 0.05) is 18.2 Å². The molecule has 0 saturated heterocycles. The lowest BCUT2D eigenvalue weighted by molar-refractivity contribution is -0.116. The molecule has 0 aromatic heterocycles. The minimum Gasteiger partial charge on any atom is -0.327 e. The van der Waals surface area contributed by atoms with Gasteiger partial charge in [0.2, 0.25) is 5.91 Å². The van der Waals surface area contributed by atoms with Crippen molar-refractivity contribution < 1.29 is 4.79 Å². The van der Waals surface area contributed by atoms with Gasteiger partial charge in [0.05, 0.1) is 10.6 Å². The lowest BCUT2D eigenvalue weighted by atomic mass is 10.1. The molecular formula is C13H14ClN3O. The average molecular weight is 264 g/mol. The Kier molecular flexibility index (Phi) is 3.85. The topological polar surface area (TPSA) is 78.9 Å². The minimum atomic E-state index is -0.116. The van der Waals surface area contributed by atoms with Crippen LogP contribution in [0.1, 0.15) is 24.8 Å². The monoisotopic (exact) mass is 263 g/mol. The molecule has 18 heavy (non-hydrogen) atoms. The molecule has 1 unspecified atom stereocenters. The highest BCUT2D eigenvalue weighted by Gasteiger charge is 2.29. The Morgan fingerprint density at radius 3 is 2.89 bits per heavy atom. The Hall–Kier alpha value is -1.57. The van der Waals surface area contributed by atoms with Crippen molar-refractivity contribution in [2.24, 2.45) is 11.7 Å². The van der Waals surface area contributed by atoms with Gasteiger partial charge in [-0.3, -0.25) is 4.79 Å². The molecule has 0 heterocycles. The summed E-state index contributed by atoms with van der Waals surface area (Å²) in [5.41, 5.74) is 6.86. The molecule has 0 radical (unpaired) electrons.